The third-order valence-electron chi connectivity index (χ3n) is 4.68. The number of hydrogen-bond donors (Lipinski definition) is 0. The first-order valence-electron chi connectivity index (χ1n) is 8.45. The van der Waals surface area contributed by atoms with E-state index in [2.05, 4.69) is 0 Å². The largest absolute Gasteiger partial charge is 0.508 e. The fourth-order valence-corrected chi connectivity index (χ4v) is 3.16. The fraction of sp³-hybridized carbons (Fsp3) is 0.579. The maximum absolute atomic E-state index is 12.0. The number of hydrogen-bond acceptors (Lipinski definition) is 4. The highest BCUT2D eigenvalue weighted by Gasteiger charge is 2.34. The van der Waals surface area contributed by atoms with E-state index in [1.165, 1.54) is 6.42 Å². The third kappa shape index (κ3) is 5.38. The first-order valence-corrected chi connectivity index (χ1v) is 8.45. The van der Waals surface area contributed by atoms with Gasteiger partial charge in [0.1, 0.15) is 18.5 Å². The van der Waals surface area contributed by atoms with E-state index < -0.39 is 6.16 Å². The summed E-state index contributed by atoms with van der Waals surface area (Å²) in [6, 6.07) is 9.49. The van der Waals surface area contributed by atoms with Crippen molar-refractivity contribution in [2.75, 3.05) is 0 Å². The lowest BCUT2D eigenvalue weighted by atomic mass is 9.80. The van der Waals surface area contributed by atoms with Crippen molar-refractivity contribution < 1.29 is 19.1 Å². The molecule has 0 heterocycles. The van der Waals surface area contributed by atoms with Crippen LogP contribution in [0.25, 0.3) is 0 Å². The highest BCUT2D eigenvalue weighted by atomic mass is 16.7. The average molecular weight is 318 g/mol. The lowest BCUT2D eigenvalue weighted by Gasteiger charge is -2.32. The SMILES string of the molecule is CC(=O)[C@@H](C)[C@@H](OC(=O)OCc1ccccc1)C1CCCCC1. The predicted molar refractivity (Wildman–Crippen MR) is 87.9 cm³/mol. The molecule has 0 aromatic heterocycles. The van der Waals surface area contributed by atoms with Gasteiger partial charge in [0.05, 0.1) is 5.92 Å². The van der Waals surface area contributed by atoms with Crippen LogP contribution in [0.3, 0.4) is 0 Å². The summed E-state index contributed by atoms with van der Waals surface area (Å²) in [5, 5.41) is 0. The molecule has 1 fully saturated rings. The minimum atomic E-state index is -0.683. The Hall–Kier alpha value is -1.84. The maximum atomic E-state index is 12.0. The molecule has 0 N–H and O–H groups in total. The highest BCUT2D eigenvalue weighted by Crippen LogP contribution is 2.32. The molecule has 0 spiro atoms. The summed E-state index contributed by atoms with van der Waals surface area (Å²) in [5.74, 6) is 0.0192. The molecule has 0 unspecified atom stereocenters. The molecule has 4 nitrogen and oxygen atoms in total. The van der Waals surface area contributed by atoms with Gasteiger partial charge in [0.2, 0.25) is 0 Å². The molecular formula is C19H26O4. The Morgan fingerprint density at radius 2 is 1.78 bits per heavy atom. The highest BCUT2D eigenvalue weighted by molar-refractivity contribution is 5.78. The van der Waals surface area contributed by atoms with Crippen molar-refractivity contribution in [1.29, 1.82) is 0 Å². The zero-order valence-corrected chi connectivity index (χ0v) is 14.0. The van der Waals surface area contributed by atoms with Gasteiger partial charge >= 0.3 is 6.16 Å². The first-order chi connectivity index (χ1) is 11.1. The molecule has 1 aliphatic rings. The zero-order valence-electron chi connectivity index (χ0n) is 14.0. The van der Waals surface area contributed by atoms with E-state index >= 15 is 0 Å². The van der Waals surface area contributed by atoms with Crippen LogP contribution in [-0.4, -0.2) is 18.0 Å². The van der Waals surface area contributed by atoms with E-state index in [1.807, 2.05) is 37.3 Å². The van der Waals surface area contributed by atoms with Crippen molar-refractivity contribution in [3.8, 4) is 0 Å². The summed E-state index contributed by atoms with van der Waals surface area (Å²) >= 11 is 0. The molecule has 0 aliphatic heterocycles. The quantitative estimate of drug-likeness (QED) is 0.724. The molecule has 2 rings (SSSR count). The van der Waals surface area contributed by atoms with Gasteiger partial charge in [-0.15, -0.1) is 0 Å². The molecule has 0 radical (unpaired) electrons. The van der Waals surface area contributed by atoms with Crippen molar-refractivity contribution >= 4 is 11.9 Å². The van der Waals surface area contributed by atoms with Gasteiger partial charge in [-0.1, -0.05) is 56.5 Å². The minimum Gasteiger partial charge on any atom is -0.430 e. The Morgan fingerprint density at radius 1 is 1.13 bits per heavy atom. The number of rotatable bonds is 6. The molecular weight excluding hydrogens is 292 g/mol. The number of benzene rings is 1. The Labute approximate surface area is 138 Å². The van der Waals surface area contributed by atoms with Gasteiger partial charge < -0.3 is 9.47 Å². The second-order valence-corrected chi connectivity index (χ2v) is 6.40. The zero-order chi connectivity index (χ0) is 16.7. The second kappa shape index (κ2) is 8.70. The molecule has 4 heteroatoms. The summed E-state index contributed by atoms with van der Waals surface area (Å²) in [4.78, 5) is 23.8. The van der Waals surface area contributed by atoms with E-state index in [-0.39, 0.29) is 30.3 Å². The summed E-state index contributed by atoms with van der Waals surface area (Å²) < 4.78 is 10.8. The Bertz CT molecular complexity index is 505. The van der Waals surface area contributed by atoms with Crippen molar-refractivity contribution in [2.24, 2.45) is 11.8 Å². The maximum Gasteiger partial charge on any atom is 0.508 e. The van der Waals surface area contributed by atoms with Crippen LogP contribution < -0.4 is 0 Å². The Morgan fingerprint density at radius 3 is 2.39 bits per heavy atom. The third-order valence-corrected chi connectivity index (χ3v) is 4.68. The molecule has 1 aromatic rings. The monoisotopic (exact) mass is 318 g/mol. The van der Waals surface area contributed by atoms with Crippen LogP contribution in [0.4, 0.5) is 4.79 Å². The molecule has 1 aromatic carbocycles. The second-order valence-electron chi connectivity index (χ2n) is 6.40. The van der Waals surface area contributed by atoms with Gasteiger partial charge in [0, 0.05) is 0 Å². The van der Waals surface area contributed by atoms with Crippen LogP contribution in [0, 0.1) is 11.8 Å². The number of ether oxygens (including phenoxy) is 2. The summed E-state index contributed by atoms with van der Waals surface area (Å²) in [6.07, 6.45) is 4.44. The minimum absolute atomic E-state index is 0.0523. The van der Waals surface area contributed by atoms with E-state index in [9.17, 15) is 9.59 Å². The van der Waals surface area contributed by atoms with Crippen LogP contribution in [0.2, 0.25) is 0 Å². The van der Waals surface area contributed by atoms with Crippen molar-refractivity contribution in [3.05, 3.63) is 35.9 Å². The molecule has 0 amide bonds. The lowest BCUT2D eigenvalue weighted by Crippen LogP contribution is -2.37. The van der Waals surface area contributed by atoms with Crippen LogP contribution in [0.15, 0.2) is 30.3 Å². The number of carbonyl (C=O) groups excluding carboxylic acids is 2. The Kier molecular flexibility index (Phi) is 6.63. The Balaban J connectivity index is 1.93. The van der Waals surface area contributed by atoms with Crippen molar-refractivity contribution in [3.63, 3.8) is 0 Å². The smallest absolute Gasteiger partial charge is 0.430 e. The number of carbonyl (C=O) groups is 2. The van der Waals surface area contributed by atoms with Crippen LogP contribution >= 0.6 is 0 Å². The van der Waals surface area contributed by atoms with Gasteiger partial charge in [0.15, 0.2) is 0 Å². The molecule has 0 saturated heterocycles. The summed E-state index contributed by atoms with van der Waals surface area (Å²) in [5.41, 5.74) is 0.915. The summed E-state index contributed by atoms with van der Waals surface area (Å²) in [7, 11) is 0. The lowest BCUT2D eigenvalue weighted by molar-refractivity contribution is -0.126. The van der Waals surface area contributed by atoms with Crippen molar-refractivity contribution in [2.45, 2.75) is 58.7 Å². The topological polar surface area (TPSA) is 52.6 Å². The molecule has 1 aliphatic carbocycles. The van der Waals surface area contributed by atoms with Crippen LogP contribution in [0.1, 0.15) is 51.5 Å². The van der Waals surface area contributed by atoms with Crippen LogP contribution in [-0.2, 0) is 20.9 Å². The molecule has 1 saturated carbocycles. The molecule has 23 heavy (non-hydrogen) atoms. The van der Waals surface area contributed by atoms with Gasteiger partial charge in [0.25, 0.3) is 0 Å². The molecule has 126 valence electrons. The van der Waals surface area contributed by atoms with Crippen molar-refractivity contribution in [1.82, 2.24) is 0 Å². The van der Waals surface area contributed by atoms with Gasteiger partial charge in [-0.3, -0.25) is 4.79 Å². The number of ketones is 1. The van der Waals surface area contributed by atoms with Gasteiger partial charge in [-0.2, -0.15) is 0 Å². The van der Waals surface area contributed by atoms with Crippen LogP contribution in [0.5, 0.6) is 0 Å². The fourth-order valence-electron chi connectivity index (χ4n) is 3.16. The first kappa shape index (κ1) is 17.5. The van der Waals surface area contributed by atoms with E-state index in [0.717, 1.165) is 31.2 Å². The normalized spacial score (nSPS) is 18.0. The predicted octanol–water partition coefficient (Wildman–Crippen LogP) is 4.51. The van der Waals surface area contributed by atoms with Gasteiger partial charge in [-0.05, 0) is 31.2 Å². The van der Waals surface area contributed by atoms with Gasteiger partial charge in [-0.25, -0.2) is 4.79 Å². The summed E-state index contributed by atoms with van der Waals surface area (Å²) in [6.45, 7) is 3.58. The average Bonchev–Trinajstić information content (AvgIpc) is 2.59. The van der Waals surface area contributed by atoms with E-state index in [0.29, 0.717) is 0 Å². The van der Waals surface area contributed by atoms with E-state index in [4.69, 9.17) is 9.47 Å². The molecule has 2 atom stereocenters. The standard InChI is InChI=1S/C19H26O4/c1-14(15(2)20)18(17-11-7-4-8-12-17)23-19(21)22-13-16-9-5-3-6-10-16/h3,5-6,9-10,14,17-18H,4,7-8,11-13H2,1-2H3/t14-,18-/m1/s1. The molecule has 0 bridgehead atoms. The number of Topliss-reactive ketones (excluding diaryl/α,β-unsaturated/α-hetero) is 1. The van der Waals surface area contributed by atoms with E-state index in [1.54, 1.807) is 6.92 Å².